The monoisotopic (exact) mass is 217 g/mol. The molecule has 2 atom stereocenters. The van der Waals surface area contributed by atoms with Crippen LogP contribution in [-0.2, 0) is 14.3 Å². The second-order valence-electron chi connectivity index (χ2n) is 4.51. The van der Waals surface area contributed by atoms with Crippen molar-refractivity contribution in [1.29, 1.82) is 0 Å². The van der Waals surface area contributed by atoms with Crippen molar-refractivity contribution in [2.45, 2.75) is 39.3 Å². The Bertz CT molecular complexity index is 185. The first kappa shape index (κ1) is 12.9. The topological polar surface area (TPSA) is 39.7 Å². The number of hydrogen-bond acceptors (Lipinski definition) is 4. The van der Waals surface area contributed by atoms with E-state index in [9.17, 15) is 0 Å². The Hall–Kier alpha value is -0.160. The second kappa shape index (κ2) is 5.80. The predicted octanol–water partition coefficient (Wildman–Crippen LogP) is 1.36. The molecule has 1 aliphatic carbocycles. The summed E-state index contributed by atoms with van der Waals surface area (Å²) in [4.78, 5) is 5.31. The van der Waals surface area contributed by atoms with Crippen LogP contribution in [0.15, 0.2) is 0 Å². The van der Waals surface area contributed by atoms with Crippen LogP contribution in [0.2, 0.25) is 0 Å². The molecule has 90 valence electrons. The highest BCUT2D eigenvalue weighted by Crippen LogP contribution is 2.42. The summed E-state index contributed by atoms with van der Waals surface area (Å²) in [5.74, 6) is 0. The van der Waals surface area contributed by atoms with Crippen LogP contribution in [0, 0.1) is 5.41 Å². The van der Waals surface area contributed by atoms with Crippen molar-refractivity contribution in [3.63, 3.8) is 0 Å². The van der Waals surface area contributed by atoms with Gasteiger partial charge >= 0.3 is 0 Å². The minimum Gasteiger partial charge on any atom is -0.382 e. The van der Waals surface area contributed by atoms with Gasteiger partial charge in [-0.3, -0.25) is 4.84 Å². The molecule has 0 aliphatic heterocycles. The first-order valence-corrected chi connectivity index (χ1v) is 5.60. The lowest BCUT2D eigenvalue weighted by atomic mass is 9.65. The molecular formula is C11H23NO3. The normalized spacial score (nSPS) is 28.8. The summed E-state index contributed by atoms with van der Waals surface area (Å²) in [7, 11) is 1.67. The van der Waals surface area contributed by atoms with Gasteiger partial charge in [0, 0.05) is 25.2 Å². The first-order chi connectivity index (χ1) is 7.12. The van der Waals surface area contributed by atoms with Crippen molar-refractivity contribution in [2.75, 3.05) is 26.9 Å². The number of ether oxygens (including phenoxy) is 2. The molecule has 0 radical (unpaired) electrons. The van der Waals surface area contributed by atoms with Crippen LogP contribution in [0.25, 0.3) is 0 Å². The number of methoxy groups -OCH3 is 1. The van der Waals surface area contributed by atoms with Crippen LogP contribution in [0.3, 0.4) is 0 Å². The van der Waals surface area contributed by atoms with Crippen LogP contribution < -0.4 is 5.48 Å². The largest absolute Gasteiger partial charge is 0.382 e. The Labute approximate surface area is 92.2 Å². The fourth-order valence-electron chi connectivity index (χ4n) is 1.85. The smallest absolute Gasteiger partial charge is 0.0915 e. The molecule has 4 heteroatoms. The highest BCUT2D eigenvalue weighted by molar-refractivity contribution is 5.01. The third-order valence-electron chi connectivity index (χ3n) is 3.16. The highest BCUT2D eigenvalue weighted by Gasteiger charge is 2.49. The Morgan fingerprint density at radius 3 is 2.60 bits per heavy atom. The van der Waals surface area contributed by atoms with Crippen molar-refractivity contribution < 1.29 is 14.3 Å². The third-order valence-corrected chi connectivity index (χ3v) is 3.16. The molecular weight excluding hydrogens is 194 g/mol. The van der Waals surface area contributed by atoms with E-state index in [1.54, 1.807) is 7.11 Å². The average molecular weight is 217 g/mol. The van der Waals surface area contributed by atoms with Gasteiger partial charge in [-0.1, -0.05) is 13.8 Å². The molecule has 0 bridgehead atoms. The molecule has 0 aromatic rings. The van der Waals surface area contributed by atoms with Gasteiger partial charge in [0.15, 0.2) is 0 Å². The van der Waals surface area contributed by atoms with E-state index in [0.717, 1.165) is 13.0 Å². The number of rotatable bonds is 7. The van der Waals surface area contributed by atoms with Gasteiger partial charge in [-0.05, 0) is 13.3 Å². The van der Waals surface area contributed by atoms with Crippen molar-refractivity contribution in [3.8, 4) is 0 Å². The maximum Gasteiger partial charge on any atom is 0.0915 e. The van der Waals surface area contributed by atoms with E-state index < -0.39 is 0 Å². The lowest BCUT2D eigenvalue weighted by Crippen LogP contribution is -2.60. The van der Waals surface area contributed by atoms with Gasteiger partial charge in [-0.15, -0.1) is 0 Å². The minimum absolute atomic E-state index is 0.156. The zero-order valence-corrected chi connectivity index (χ0v) is 10.2. The third kappa shape index (κ3) is 3.14. The van der Waals surface area contributed by atoms with Gasteiger partial charge < -0.3 is 9.47 Å². The van der Waals surface area contributed by atoms with Crippen LogP contribution in [0.5, 0.6) is 0 Å². The molecule has 1 aliphatic rings. The molecule has 1 N–H and O–H groups in total. The number of hydroxylamine groups is 1. The molecule has 4 nitrogen and oxygen atoms in total. The number of hydrogen-bond donors (Lipinski definition) is 1. The zero-order chi connectivity index (χ0) is 11.3. The van der Waals surface area contributed by atoms with Crippen LogP contribution in [-0.4, -0.2) is 39.1 Å². The van der Waals surface area contributed by atoms with Crippen molar-refractivity contribution in [1.82, 2.24) is 5.48 Å². The fourth-order valence-corrected chi connectivity index (χ4v) is 1.85. The quantitative estimate of drug-likeness (QED) is 0.516. The molecule has 0 saturated heterocycles. The molecule has 0 aromatic carbocycles. The van der Waals surface area contributed by atoms with Crippen molar-refractivity contribution in [3.05, 3.63) is 0 Å². The molecule has 0 aromatic heterocycles. The Balaban J connectivity index is 2.17. The fraction of sp³-hybridized carbons (Fsp3) is 1.00. The molecule has 0 amide bonds. The van der Waals surface area contributed by atoms with E-state index in [4.69, 9.17) is 14.3 Å². The van der Waals surface area contributed by atoms with Gasteiger partial charge in [0.1, 0.15) is 0 Å². The maximum atomic E-state index is 5.63. The van der Waals surface area contributed by atoms with Crippen LogP contribution >= 0.6 is 0 Å². The summed E-state index contributed by atoms with van der Waals surface area (Å²) in [5, 5.41) is 0. The van der Waals surface area contributed by atoms with E-state index in [0.29, 0.717) is 25.4 Å². The zero-order valence-electron chi connectivity index (χ0n) is 10.2. The predicted molar refractivity (Wildman–Crippen MR) is 58.6 cm³/mol. The van der Waals surface area contributed by atoms with Crippen molar-refractivity contribution in [2.24, 2.45) is 5.41 Å². The van der Waals surface area contributed by atoms with Gasteiger partial charge in [0.25, 0.3) is 0 Å². The van der Waals surface area contributed by atoms with Gasteiger partial charge in [0.2, 0.25) is 0 Å². The van der Waals surface area contributed by atoms with Crippen LogP contribution in [0.1, 0.15) is 27.2 Å². The Kier molecular flexibility index (Phi) is 4.99. The number of nitrogens with one attached hydrogen (secondary N) is 1. The Morgan fingerprint density at radius 1 is 1.33 bits per heavy atom. The van der Waals surface area contributed by atoms with Gasteiger partial charge in [0.05, 0.1) is 19.3 Å². The van der Waals surface area contributed by atoms with E-state index in [-0.39, 0.29) is 5.41 Å². The van der Waals surface area contributed by atoms with E-state index >= 15 is 0 Å². The summed E-state index contributed by atoms with van der Waals surface area (Å²) >= 11 is 0. The lowest BCUT2D eigenvalue weighted by Gasteiger charge is -2.51. The van der Waals surface area contributed by atoms with Gasteiger partial charge in [-0.25, -0.2) is 0 Å². The highest BCUT2D eigenvalue weighted by atomic mass is 16.7. The summed E-state index contributed by atoms with van der Waals surface area (Å²) in [5.41, 5.74) is 3.23. The molecule has 0 spiro atoms. The molecule has 2 unspecified atom stereocenters. The van der Waals surface area contributed by atoms with Crippen LogP contribution in [0.4, 0.5) is 0 Å². The summed E-state index contributed by atoms with van der Waals surface area (Å²) in [6.07, 6.45) is 1.37. The first-order valence-electron chi connectivity index (χ1n) is 5.60. The average Bonchev–Trinajstić information content (AvgIpc) is 2.21. The second-order valence-corrected chi connectivity index (χ2v) is 4.51. The summed E-state index contributed by atoms with van der Waals surface area (Å²) in [6, 6.07) is 0.380. The van der Waals surface area contributed by atoms with Gasteiger partial charge in [-0.2, -0.15) is 5.48 Å². The standard InChI is InChI=1S/C11H23NO3/c1-5-14-10-8-9(11(10,2)3)12-15-7-6-13-4/h9-10,12H,5-8H2,1-4H3. The molecule has 1 fully saturated rings. The molecule has 0 heterocycles. The summed E-state index contributed by atoms with van der Waals surface area (Å²) < 4.78 is 10.5. The van der Waals surface area contributed by atoms with E-state index in [1.165, 1.54) is 0 Å². The lowest BCUT2D eigenvalue weighted by molar-refractivity contribution is -0.157. The SMILES string of the molecule is CCOC1CC(NOCCOC)C1(C)C. The Morgan fingerprint density at radius 2 is 2.07 bits per heavy atom. The molecule has 1 saturated carbocycles. The van der Waals surface area contributed by atoms with E-state index in [1.807, 2.05) is 6.92 Å². The van der Waals surface area contributed by atoms with Crippen molar-refractivity contribution >= 4 is 0 Å². The molecule has 1 rings (SSSR count). The minimum atomic E-state index is 0.156. The summed E-state index contributed by atoms with van der Waals surface area (Å²) in [6.45, 7) is 8.43. The van der Waals surface area contributed by atoms with E-state index in [2.05, 4.69) is 19.3 Å². The maximum absolute atomic E-state index is 5.63. The molecule has 15 heavy (non-hydrogen) atoms.